The van der Waals surface area contributed by atoms with E-state index in [9.17, 15) is 9.59 Å². The number of ketones is 1. The van der Waals surface area contributed by atoms with Crippen LogP contribution in [0.15, 0.2) is 24.5 Å². The van der Waals surface area contributed by atoms with Gasteiger partial charge in [-0.2, -0.15) is 0 Å². The van der Waals surface area contributed by atoms with Crippen LogP contribution in [0.4, 0.5) is 0 Å². The Bertz CT molecular complexity index is 630. The van der Waals surface area contributed by atoms with Gasteiger partial charge >= 0.3 is 5.97 Å². The number of hydrogen-bond donors (Lipinski definition) is 1. The molecule has 5 nitrogen and oxygen atoms in total. The van der Waals surface area contributed by atoms with Crippen LogP contribution < -0.4 is 0 Å². The first-order valence-electron chi connectivity index (χ1n) is 6.94. The molecule has 0 aromatic carbocycles. The molecule has 1 N–H and O–H groups in total. The second-order valence-electron chi connectivity index (χ2n) is 4.80. The highest BCUT2D eigenvalue weighted by molar-refractivity contribution is 7.14. The molecule has 112 valence electrons. The standard InChI is InChI=1S/C15H18N2O3S/c1-2-3-14-16-8-9-17(14)10-11-4-6-13(21-11)12(18)5-7-15(19)20/h4,6,8-9H,2-3,5,7,10H2,1H3,(H,19,20). The molecule has 2 aromatic heterocycles. The van der Waals surface area contributed by atoms with E-state index in [1.807, 2.05) is 12.3 Å². The lowest BCUT2D eigenvalue weighted by Gasteiger charge is -2.04. The van der Waals surface area contributed by atoms with Gasteiger partial charge < -0.3 is 9.67 Å². The minimum Gasteiger partial charge on any atom is -0.481 e. The summed E-state index contributed by atoms with van der Waals surface area (Å²) in [5.74, 6) is 0.000434. The van der Waals surface area contributed by atoms with Crippen molar-refractivity contribution in [2.45, 2.75) is 39.2 Å². The minimum absolute atomic E-state index is 0.0570. The van der Waals surface area contributed by atoms with Gasteiger partial charge in [-0.05, 0) is 18.6 Å². The number of carbonyl (C=O) groups excluding carboxylic acids is 1. The molecule has 2 aromatic rings. The van der Waals surface area contributed by atoms with Crippen LogP contribution in [0.25, 0.3) is 0 Å². The van der Waals surface area contributed by atoms with Crippen molar-refractivity contribution in [3.8, 4) is 0 Å². The molecule has 0 saturated heterocycles. The molecule has 21 heavy (non-hydrogen) atoms. The third-order valence-electron chi connectivity index (χ3n) is 3.10. The van der Waals surface area contributed by atoms with Crippen LogP contribution in [0, 0.1) is 0 Å². The number of aromatic nitrogens is 2. The van der Waals surface area contributed by atoms with E-state index in [1.54, 1.807) is 12.3 Å². The third kappa shape index (κ3) is 4.26. The number of Topliss-reactive ketones (excluding diaryl/α,β-unsaturated/α-hetero) is 1. The molecule has 0 aliphatic carbocycles. The molecule has 0 atom stereocenters. The molecule has 0 spiro atoms. The van der Waals surface area contributed by atoms with Crippen LogP contribution in [0.2, 0.25) is 0 Å². The van der Waals surface area contributed by atoms with E-state index >= 15 is 0 Å². The van der Waals surface area contributed by atoms with Gasteiger partial charge in [-0.25, -0.2) is 4.98 Å². The SMILES string of the molecule is CCCc1nccn1Cc1ccc(C(=O)CCC(=O)O)s1. The highest BCUT2D eigenvalue weighted by Gasteiger charge is 2.12. The van der Waals surface area contributed by atoms with Crippen LogP contribution in [0.3, 0.4) is 0 Å². The summed E-state index contributed by atoms with van der Waals surface area (Å²) >= 11 is 1.43. The second-order valence-corrected chi connectivity index (χ2v) is 5.97. The summed E-state index contributed by atoms with van der Waals surface area (Å²) in [6, 6.07) is 3.70. The second kappa shape index (κ2) is 7.17. The van der Waals surface area contributed by atoms with Gasteiger partial charge in [-0.3, -0.25) is 9.59 Å². The normalized spacial score (nSPS) is 10.7. The molecule has 0 radical (unpaired) electrons. The van der Waals surface area contributed by atoms with Crippen LogP contribution in [0.1, 0.15) is 46.6 Å². The summed E-state index contributed by atoms with van der Waals surface area (Å²) < 4.78 is 2.08. The first-order valence-corrected chi connectivity index (χ1v) is 7.75. The van der Waals surface area contributed by atoms with Crippen molar-refractivity contribution in [1.82, 2.24) is 9.55 Å². The number of nitrogens with zero attached hydrogens (tertiary/aromatic N) is 2. The summed E-state index contributed by atoms with van der Waals surface area (Å²) in [7, 11) is 0. The number of carboxylic acids is 1. The molecule has 0 aliphatic rings. The smallest absolute Gasteiger partial charge is 0.303 e. The van der Waals surface area contributed by atoms with Crippen LogP contribution in [-0.4, -0.2) is 26.4 Å². The Morgan fingerprint density at radius 2 is 2.14 bits per heavy atom. The first kappa shape index (κ1) is 15.4. The Morgan fingerprint density at radius 3 is 2.86 bits per heavy atom. The Labute approximate surface area is 127 Å². The zero-order valence-corrected chi connectivity index (χ0v) is 12.7. The van der Waals surface area contributed by atoms with Gasteiger partial charge in [0.15, 0.2) is 5.78 Å². The average molecular weight is 306 g/mol. The zero-order chi connectivity index (χ0) is 15.2. The topological polar surface area (TPSA) is 72.2 Å². The largest absolute Gasteiger partial charge is 0.481 e. The number of carbonyl (C=O) groups is 2. The lowest BCUT2D eigenvalue weighted by molar-refractivity contribution is -0.136. The van der Waals surface area contributed by atoms with Gasteiger partial charge in [0.05, 0.1) is 17.8 Å². The highest BCUT2D eigenvalue weighted by atomic mass is 32.1. The number of imidazole rings is 1. The van der Waals surface area contributed by atoms with Crippen molar-refractivity contribution in [3.63, 3.8) is 0 Å². The molecule has 0 saturated carbocycles. The van der Waals surface area contributed by atoms with E-state index in [0.717, 1.165) is 23.5 Å². The Hall–Kier alpha value is -1.95. The predicted molar refractivity (Wildman–Crippen MR) is 80.8 cm³/mol. The Balaban J connectivity index is 2.01. The van der Waals surface area contributed by atoms with Gasteiger partial charge in [-0.15, -0.1) is 11.3 Å². The molecule has 6 heteroatoms. The summed E-state index contributed by atoms with van der Waals surface area (Å²) in [5.41, 5.74) is 0. The van der Waals surface area contributed by atoms with Crippen molar-refractivity contribution in [2.75, 3.05) is 0 Å². The van der Waals surface area contributed by atoms with Crippen molar-refractivity contribution in [2.24, 2.45) is 0 Å². The highest BCUT2D eigenvalue weighted by Crippen LogP contribution is 2.20. The molecular weight excluding hydrogens is 288 g/mol. The molecule has 0 fully saturated rings. The van der Waals surface area contributed by atoms with Crippen molar-refractivity contribution < 1.29 is 14.7 Å². The fourth-order valence-corrected chi connectivity index (χ4v) is 3.03. The van der Waals surface area contributed by atoms with Crippen LogP contribution in [-0.2, 0) is 17.8 Å². The van der Waals surface area contributed by atoms with E-state index in [4.69, 9.17) is 5.11 Å². The number of aryl methyl sites for hydroxylation is 1. The molecule has 0 aliphatic heterocycles. The maximum Gasteiger partial charge on any atom is 0.303 e. The van der Waals surface area contributed by atoms with Gasteiger partial charge in [-0.1, -0.05) is 6.92 Å². The molecule has 0 amide bonds. The minimum atomic E-state index is -0.942. The maximum atomic E-state index is 11.9. The van der Waals surface area contributed by atoms with Gasteiger partial charge in [0.1, 0.15) is 5.82 Å². The number of hydrogen-bond acceptors (Lipinski definition) is 4. The molecule has 0 unspecified atom stereocenters. The maximum absolute atomic E-state index is 11.9. The lowest BCUT2D eigenvalue weighted by Crippen LogP contribution is -2.03. The lowest BCUT2D eigenvalue weighted by atomic mass is 10.2. The molecule has 2 heterocycles. The zero-order valence-electron chi connectivity index (χ0n) is 11.9. The average Bonchev–Trinajstić information content (AvgIpc) is 3.07. The van der Waals surface area contributed by atoms with Gasteiger partial charge in [0, 0.05) is 30.1 Å². The first-order chi connectivity index (χ1) is 10.1. The van der Waals surface area contributed by atoms with E-state index < -0.39 is 5.97 Å². The van der Waals surface area contributed by atoms with Crippen LogP contribution >= 0.6 is 11.3 Å². The molecule has 0 bridgehead atoms. The summed E-state index contributed by atoms with van der Waals surface area (Å²) in [5, 5.41) is 8.61. The number of carboxylic acid groups (broad SMARTS) is 1. The van der Waals surface area contributed by atoms with Gasteiger partial charge in [0.25, 0.3) is 0 Å². The van der Waals surface area contributed by atoms with Gasteiger partial charge in [0.2, 0.25) is 0 Å². The Kier molecular flexibility index (Phi) is 5.27. The van der Waals surface area contributed by atoms with Crippen molar-refractivity contribution >= 4 is 23.1 Å². The Morgan fingerprint density at radius 1 is 1.33 bits per heavy atom. The summed E-state index contributed by atoms with van der Waals surface area (Å²) in [4.78, 5) is 28.4. The monoisotopic (exact) mass is 306 g/mol. The predicted octanol–water partition coefficient (Wildman–Crippen LogP) is 2.99. The number of thiophene rings is 1. The third-order valence-corrected chi connectivity index (χ3v) is 4.21. The molecular formula is C15H18N2O3S. The van der Waals surface area contributed by atoms with E-state index in [1.165, 1.54) is 11.3 Å². The number of aliphatic carboxylic acids is 1. The van der Waals surface area contributed by atoms with Crippen LogP contribution in [0.5, 0.6) is 0 Å². The van der Waals surface area contributed by atoms with Crippen molar-refractivity contribution in [1.29, 1.82) is 0 Å². The van der Waals surface area contributed by atoms with E-state index in [0.29, 0.717) is 11.4 Å². The van der Waals surface area contributed by atoms with Crippen molar-refractivity contribution in [3.05, 3.63) is 40.1 Å². The van der Waals surface area contributed by atoms with E-state index in [-0.39, 0.29) is 18.6 Å². The number of rotatable bonds is 8. The fraction of sp³-hybridized carbons (Fsp3) is 0.400. The molecule has 2 rings (SSSR count). The summed E-state index contributed by atoms with van der Waals surface area (Å²) in [6.45, 7) is 2.82. The summed E-state index contributed by atoms with van der Waals surface area (Å²) in [6.07, 6.45) is 5.65. The quantitative estimate of drug-likeness (QED) is 0.761. The fourth-order valence-electron chi connectivity index (χ4n) is 2.06. The van der Waals surface area contributed by atoms with E-state index in [2.05, 4.69) is 16.5 Å².